The quantitative estimate of drug-likeness (QED) is 0.421. The van der Waals surface area contributed by atoms with Crippen LogP contribution in [0.15, 0.2) is 95.7 Å². The fourth-order valence-corrected chi connectivity index (χ4v) is 4.54. The molecule has 1 N–H and O–H groups in total. The predicted octanol–water partition coefficient (Wildman–Crippen LogP) is 5.67. The van der Waals surface area contributed by atoms with E-state index in [2.05, 4.69) is 39.6 Å². The van der Waals surface area contributed by atoms with E-state index in [0.717, 1.165) is 11.1 Å². The van der Waals surface area contributed by atoms with Crippen LogP contribution >= 0.6 is 23.1 Å². The van der Waals surface area contributed by atoms with E-state index in [1.165, 1.54) is 11.3 Å². The third-order valence-electron chi connectivity index (χ3n) is 4.12. The zero-order valence-corrected chi connectivity index (χ0v) is 16.5. The summed E-state index contributed by atoms with van der Waals surface area (Å²) in [4.78, 5) is 21.3. The smallest absolute Gasteiger partial charge is 0.259 e. The second-order valence-corrected chi connectivity index (χ2v) is 7.98. The van der Waals surface area contributed by atoms with E-state index in [1.807, 2.05) is 36.4 Å². The molecule has 4 aromatic rings. The molecule has 4 nitrogen and oxygen atoms in total. The second kappa shape index (κ2) is 8.82. The number of nitrogens with zero attached hydrogens (tertiary/aromatic N) is 2. The molecular weight excluding hydrogens is 386 g/mol. The van der Waals surface area contributed by atoms with Gasteiger partial charge in [0, 0.05) is 6.20 Å². The van der Waals surface area contributed by atoms with Crippen molar-refractivity contribution in [2.24, 2.45) is 0 Å². The molecule has 0 saturated heterocycles. The van der Waals surface area contributed by atoms with Gasteiger partial charge in [-0.2, -0.15) is 0 Å². The third-order valence-corrected chi connectivity index (χ3v) is 6.14. The van der Waals surface area contributed by atoms with Crippen molar-refractivity contribution in [3.05, 3.63) is 107 Å². The maximum atomic E-state index is 12.8. The number of hydrogen-bond donors (Lipinski definition) is 1. The Hall–Kier alpha value is -2.96. The van der Waals surface area contributed by atoms with E-state index in [0.29, 0.717) is 15.6 Å². The van der Waals surface area contributed by atoms with Gasteiger partial charge in [0.15, 0.2) is 0 Å². The highest BCUT2D eigenvalue weighted by Crippen LogP contribution is 2.40. The first-order chi connectivity index (χ1) is 13.8. The maximum Gasteiger partial charge on any atom is 0.259 e. The van der Waals surface area contributed by atoms with Crippen LogP contribution < -0.4 is 5.32 Å². The lowest BCUT2D eigenvalue weighted by Crippen LogP contribution is -2.13. The third kappa shape index (κ3) is 4.30. The van der Waals surface area contributed by atoms with Gasteiger partial charge in [-0.1, -0.05) is 72.4 Å². The van der Waals surface area contributed by atoms with Gasteiger partial charge in [0.1, 0.15) is 10.0 Å². The number of hydrogen-bond acceptors (Lipinski definition) is 5. The molecule has 0 fully saturated rings. The van der Waals surface area contributed by atoms with Gasteiger partial charge in [0.2, 0.25) is 0 Å². The van der Waals surface area contributed by atoms with E-state index >= 15 is 0 Å². The summed E-state index contributed by atoms with van der Waals surface area (Å²) in [7, 11) is 0. The summed E-state index contributed by atoms with van der Waals surface area (Å²) in [6.45, 7) is 0. The van der Waals surface area contributed by atoms with Gasteiger partial charge in [-0.25, -0.2) is 4.98 Å². The zero-order chi connectivity index (χ0) is 19.2. The maximum absolute atomic E-state index is 12.8. The topological polar surface area (TPSA) is 54.9 Å². The van der Waals surface area contributed by atoms with Gasteiger partial charge in [-0.15, -0.1) is 11.3 Å². The first-order valence-corrected chi connectivity index (χ1v) is 10.5. The molecule has 0 bridgehead atoms. The Kier molecular flexibility index (Phi) is 5.80. The molecular formula is C22H17N3OS2. The summed E-state index contributed by atoms with van der Waals surface area (Å²) in [5.74, 6) is -0.181. The van der Waals surface area contributed by atoms with Crippen molar-refractivity contribution in [2.45, 2.75) is 10.3 Å². The molecule has 0 atom stereocenters. The summed E-state index contributed by atoms with van der Waals surface area (Å²) in [6.07, 6.45) is 3.36. The van der Waals surface area contributed by atoms with Crippen LogP contribution in [0.3, 0.4) is 0 Å². The van der Waals surface area contributed by atoms with Crippen molar-refractivity contribution >= 4 is 34.0 Å². The first kappa shape index (κ1) is 18.4. The van der Waals surface area contributed by atoms with Gasteiger partial charge < -0.3 is 5.32 Å². The van der Waals surface area contributed by atoms with Crippen molar-refractivity contribution in [3.63, 3.8) is 0 Å². The van der Waals surface area contributed by atoms with Crippen LogP contribution in [0.5, 0.6) is 0 Å². The minimum atomic E-state index is -0.181. The van der Waals surface area contributed by atoms with Gasteiger partial charge in [0.05, 0.1) is 22.5 Å². The molecule has 6 heteroatoms. The molecule has 2 aromatic carbocycles. The molecule has 0 saturated carbocycles. The molecule has 0 spiro atoms. The van der Waals surface area contributed by atoms with Crippen LogP contribution in [-0.2, 0) is 0 Å². The average molecular weight is 404 g/mol. The van der Waals surface area contributed by atoms with Crippen LogP contribution in [-0.4, -0.2) is 15.9 Å². The minimum Gasteiger partial charge on any atom is -0.312 e. The van der Waals surface area contributed by atoms with E-state index in [-0.39, 0.29) is 11.2 Å². The molecule has 4 rings (SSSR count). The minimum absolute atomic E-state index is 0.0345. The highest BCUT2D eigenvalue weighted by molar-refractivity contribution is 7.99. The van der Waals surface area contributed by atoms with Gasteiger partial charge in [0.25, 0.3) is 5.91 Å². The van der Waals surface area contributed by atoms with E-state index < -0.39 is 0 Å². The SMILES string of the molecule is O=C(Nc1cncs1)c1cccnc1SC(c1ccccc1)c1ccccc1. The molecule has 2 aromatic heterocycles. The Morgan fingerprint density at radius 3 is 2.21 bits per heavy atom. The lowest BCUT2D eigenvalue weighted by atomic mass is 10.0. The molecule has 1 amide bonds. The number of pyridine rings is 1. The number of rotatable bonds is 6. The number of amides is 1. The summed E-state index contributed by atoms with van der Waals surface area (Å²) in [5.41, 5.74) is 4.57. The summed E-state index contributed by atoms with van der Waals surface area (Å²) >= 11 is 2.97. The number of anilines is 1. The lowest BCUT2D eigenvalue weighted by Gasteiger charge is -2.18. The molecule has 0 radical (unpaired) electrons. The molecule has 138 valence electrons. The van der Waals surface area contributed by atoms with Crippen LogP contribution in [0.2, 0.25) is 0 Å². The van der Waals surface area contributed by atoms with Crippen LogP contribution in [0, 0.1) is 0 Å². The molecule has 28 heavy (non-hydrogen) atoms. The Morgan fingerprint density at radius 1 is 0.929 bits per heavy atom. The van der Waals surface area contributed by atoms with E-state index in [1.54, 1.807) is 41.8 Å². The zero-order valence-electron chi connectivity index (χ0n) is 14.9. The van der Waals surface area contributed by atoms with Crippen molar-refractivity contribution in [3.8, 4) is 0 Å². The fraction of sp³-hybridized carbons (Fsp3) is 0.0455. The number of thioether (sulfide) groups is 1. The predicted molar refractivity (Wildman–Crippen MR) is 115 cm³/mol. The summed E-state index contributed by atoms with van der Waals surface area (Å²) < 4.78 is 0. The average Bonchev–Trinajstić information content (AvgIpc) is 3.26. The fourth-order valence-electron chi connectivity index (χ4n) is 2.81. The Labute approximate surface area is 171 Å². The lowest BCUT2D eigenvalue weighted by molar-refractivity contribution is 0.102. The van der Waals surface area contributed by atoms with Crippen molar-refractivity contribution < 1.29 is 4.79 Å². The summed E-state index contributed by atoms with van der Waals surface area (Å²) in [6, 6.07) is 24.1. The number of benzene rings is 2. The molecule has 0 unspecified atom stereocenters. The van der Waals surface area contributed by atoms with Gasteiger partial charge in [-0.3, -0.25) is 9.78 Å². The van der Waals surface area contributed by atoms with Crippen LogP contribution in [0.25, 0.3) is 0 Å². The van der Waals surface area contributed by atoms with Crippen molar-refractivity contribution in [1.29, 1.82) is 0 Å². The highest BCUT2D eigenvalue weighted by atomic mass is 32.2. The Bertz CT molecular complexity index is 998. The van der Waals surface area contributed by atoms with Crippen molar-refractivity contribution in [2.75, 3.05) is 5.32 Å². The molecule has 0 aliphatic heterocycles. The number of aromatic nitrogens is 2. The second-order valence-electron chi connectivity index (χ2n) is 6.00. The van der Waals surface area contributed by atoms with Gasteiger partial charge in [-0.05, 0) is 23.3 Å². The number of carbonyl (C=O) groups is 1. The number of carbonyl (C=O) groups excluding carboxylic acids is 1. The van der Waals surface area contributed by atoms with Crippen LogP contribution in [0.4, 0.5) is 5.00 Å². The Balaban J connectivity index is 1.67. The number of thiazole rings is 1. The normalized spacial score (nSPS) is 10.8. The van der Waals surface area contributed by atoms with Gasteiger partial charge >= 0.3 is 0 Å². The highest BCUT2D eigenvalue weighted by Gasteiger charge is 2.21. The van der Waals surface area contributed by atoms with E-state index in [9.17, 15) is 4.79 Å². The van der Waals surface area contributed by atoms with Crippen molar-refractivity contribution in [1.82, 2.24) is 9.97 Å². The van der Waals surface area contributed by atoms with E-state index in [4.69, 9.17) is 0 Å². The molecule has 0 aliphatic rings. The standard InChI is InChI=1S/C22H17N3OS2/c26-21(25-19-14-23-15-27-19)18-12-7-13-24-22(18)28-20(16-8-3-1-4-9-16)17-10-5-2-6-11-17/h1-15,20H,(H,25,26). The summed E-state index contributed by atoms with van der Waals surface area (Å²) in [5, 5.41) is 4.34. The van der Waals surface area contributed by atoms with Crippen LogP contribution in [0.1, 0.15) is 26.7 Å². The first-order valence-electron chi connectivity index (χ1n) is 8.72. The Morgan fingerprint density at radius 2 is 1.61 bits per heavy atom. The molecule has 2 heterocycles. The number of nitrogens with one attached hydrogen (secondary N) is 1. The monoisotopic (exact) mass is 403 g/mol. The molecule has 0 aliphatic carbocycles. The largest absolute Gasteiger partial charge is 0.312 e.